The second kappa shape index (κ2) is 7.02. The topological polar surface area (TPSA) is 87.5 Å². The van der Waals surface area contributed by atoms with Crippen LogP contribution in [0.4, 0.5) is 9.18 Å². The molecule has 3 rings (SSSR count). The van der Waals surface area contributed by atoms with E-state index in [0.717, 1.165) is 5.56 Å². The molecular weight excluding hydrogens is 351 g/mol. The molecule has 27 heavy (non-hydrogen) atoms. The smallest absolute Gasteiger partial charge is 0.407 e. The summed E-state index contributed by atoms with van der Waals surface area (Å²) in [7, 11) is 0. The van der Waals surface area contributed by atoms with Gasteiger partial charge >= 0.3 is 6.09 Å². The molecule has 2 aromatic rings. The fourth-order valence-electron chi connectivity index (χ4n) is 3.34. The molecule has 2 N–H and O–H groups in total. The van der Waals surface area contributed by atoms with Crippen LogP contribution in [0.3, 0.4) is 0 Å². The monoisotopic (exact) mass is 374 g/mol. The van der Waals surface area contributed by atoms with Gasteiger partial charge in [-0.3, -0.25) is 4.79 Å². The number of carboxylic acid groups (broad SMARTS) is 1. The van der Waals surface area contributed by atoms with E-state index in [4.69, 9.17) is 0 Å². The van der Waals surface area contributed by atoms with Gasteiger partial charge in [0.1, 0.15) is 5.69 Å². The van der Waals surface area contributed by atoms with E-state index in [0.29, 0.717) is 30.8 Å². The van der Waals surface area contributed by atoms with Gasteiger partial charge in [-0.05, 0) is 44.9 Å². The molecule has 0 spiro atoms. The number of fused-ring (bicyclic) bond motifs is 1. The van der Waals surface area contributed by atoms with Crippen molar-refractivity contribution in [3.8, 4) is 11.1 Å². The van der Waals surface area contributed by atoms with E-state index in [9.17, 15) is 19.1 Å². The summed E-state index contributed by atoms with van der Waals surface area (Å²) < 4.78 is 15.3. The summed E-state index contributed by atoms with van der Waals surface area (Å²) in [5.74, 6) is -0.780. The largest absolute Gasteiger partial charge is 0.465 e. The van der Waals surface area contributed by atoms with Crippen molar-refractivity contribution in [3.63, 3.8) is 0 Å². The molecule has 0 saturated carbocycles. The van der Waals surface area contributed by atoms with Crippen LogP contribution in [0.2, 0.25) is 0 Å². The minimum absolute atomic E-state index is 0.0812. The van der Waals surface area contributed by atoms with Crippen molar-refractivity contribution < 1.29 is 19.1 Å². The molecule has 0 fully saturated rings. The number of nitrogens with zero attached hydrogens (tertiary/aromatic N) is 3. The zero-order valence-electron chi connectivity index (χ0n) is 15.6. The molecule has 0 bridgehead atoms. The highest BCUT2D eigenvalue weighted by atomic mass is 19.1. The van der Waals surface area contributed by atoms with E-state index < -0.39 is 17.6 Å². The molecule has 7 nitrogen and oxygen atoms in total. The molecule has 0 aliphatic carbocycles. The van der Waals surface area contributed by atoms with Crippen molar-refractivity contribution in [1.29, 1.82) is 0 Å². The fourth-order valence-corrected chi connectivity index (χ4v) is 3.34. The predicted octanol–water partition coefficient (Wildman–Crippen LogP) is 3.14. The highest BCUT2D eigenvalue weighted by Crippen LogP contribution is 2.28. The van der Waals surface area contributed by atoms with E-state index >= 15 is 0 Å². The minimum atomic E-state index is -0.969. The molecule has 1 unspecified atom stereocenters. The number of carbonyl (C=O) groups excluding carboxylic acids is 1. The van der Waals surface area contributed by atoms with E-state index in [1.165, 1.54) is 17.2 Å². The van der Waals surface area contributed by atoms with Gasteiger partial charge in [-0.1, -0.05) is 0 Å². The molecule has 144 valence electrons. The summed E-state index contributed by atoms with van der Waals surface area (Å²) >= 11 is 0. The van der Waals surface area contributed by atoms with E-state index in [1.807, 2.05) is 31.5 Å². The molecule has 0 aromatic carbocycles. The third-order valence-electron chi connectivity index (χ3n) is 4.76. The standard InChI is InChI=1S/C19H23FN4O3/c1-19(2,3)24(18(26)27)7-5-14-10-22-17(25)15-8-13(11-23(14)15)12-4-6-21-16(20)9-12/h4,6,8-9,11,14H,5,7,10H2,1-3H3,(H,22,25)(H,26,27). The second-order valence-corrected chi connectivity index (χ2v) is 7.65. The minimum Gasteiger partial charge on any atom is -0.465 e. The van der Waals surface area contributed by atoms with Crippen molar-refractivity contribution in [1.82, 2.24) is 19.8 Å². The molecule has 8 heteroatoms. The van der Waals surface area contributed by atoms with Crippen LogP contribution < -0.4 is 5.32 Å². The zero-order valence-corrected chi connectivity index (χ0v) is 15.6. The summed E-state index contributed by atoms with van der Waals surface area (Å²) in [6.45, 7) is 6.31. The second-order valence-electron chi connectivity index (χ2n) is 7.65. The normalized spacial score (nSPS) is 16.6. The number of carbonyl (C=O) groups is 2. The highest BCUT2D eigenvalue weighted by Gasteiger charge is 2.30. The Morgan fingerprint density at radius 2 is 2.15 bits per heavy atom. The first-order valence-corrected chi connectivity index (χ1v) is 8.79. The molecule has 3 heterocycles. The zero-order chi connectivity index (χ0) is 19.8. The average Bonchev–Trinajstić information content (AvgIpc) is 3.02. The molecule has 1 aliphatic heterocycles. The third-order valence-corrected chi connectivity index (χ3v) is 4.76. The number of nitrogens with one attached hydrogen (secondary N) is 1. The van der Waals surface area contributed by atoms with Crippen molar-refractivity contribution in [2.45, 2.75) is 38.8 Å². The van der Waals surface area contributed by atoms with Crippen molar-refractivity contribution in [2.24, 2.45) is 0 Å². The van der Waals surface area contributed by atoms with Crippen molar-refractivity contribution in [2.75, 3.05) is 13.1 Å². The van der Waals surface area contributed by atoms with Gasteiger partial charge in [0.25, 0.3) is 5.91 Å². The third kappa shape index (κ3) is 3.94. The number of amides is 2. The summed E-state index contributed by atoms with van der Waals surface area (Å²) in [4.78, 5) is 28.7. The van der Waals surface area contributed by atoms with Gasteiger partial charge in [-0.25, -0.2) is 9.78 Å². The van der Waals surface area contributed by atoms with Crippen LogP contribution in [0.25, 0.3) is 11.1 Å². The van der Waals surface area contributed by atoms with Crippen LogP contribution in [-0.2, 0) is 0 Å². The predicted molar refractivity (Wildman–Crippen MR) is 98.1 cm³/mol. The highest BCUT2D eigenvalue weighted by molar-refractivity contribution is 5.95. The first-order chi connectivity index (χ1) is 12.7. The SMILES string of the molecule is CC(C)(C)N(CCC1CNC(=O)c2cc(-c3ccnc(F)c3)cn21)C(=O)O. The van der Waals surface area contributed by atoms with Crippen LogP contribution in [0, 0.1) is 5.95 Å². The number of hydrogen-bond acceptors (Lipinski definition) is 3. The van der Waals surface area contributed by atoms with Gasteiger partial charge in [-0.15, -0.1) is 0 Å². The molecule has 0 radical (unpaired) electrons. The van der Waals surface area contributed by atoms with Gasteiger partial charge in [-0.2, -0.15) is 4.39 Å². The van der Waals surface area contributed by atoms with E-state index in [1.54, 1.807) is 12.1 Å². The average molecular weight is 374 g/mol. The summed E-state index contributed by atoms with van der Waals surface area (Å²) in [5.41, 5.74) is 1.33. The summed E-state index contributed by atoms with van der Waals surface area (Å²) in [6.07, 6.45) is 2.78. The lowest BCUT2D eigenvalue weighted by Gasteiger charge is -2.35. The van der Waals surface area contributed by atoms with Crippen LogP contribution in [-0.4, -0.2) is 50.2 Å². The van der Waals surface area contributed by atoms with Gasteiger partial charge < -0.3 is 19.9 Å². The molecule has 1 aliphatic rings. The van der Waals surface area contributed by atoms with Crippen LogP contribution in [0.1, 0.15) is 43.7 Å². The quantitative estimate of drug-likeness (QED) is 0.805. The van der Waals surface area contributed by atoms with E-state index in [-0.39, 0.29) is 11.9 Å². The maximum absolute atomic E-state index is 13.4. The first-order valence-electron chi connectivity index (χ1n) is 8.79. The molecular formula is C19H23FN4O3. The van der Waals surface area contributed by atoms with E-state index in [2.05, 4.69) is 10.3 Å². The Hall–Kier alpha value is -2.90. The van der Waals surface area contributed by atoms with Crippen LogP contribution >= 0.6 is 0 Å². The van der Waals surface area contributed by atoms with Crippen molar-refractivity contribution in [3.05, 3.63) is 42.2 Å². The Morgan fingerprint density at radius 3 is 2.78 bits per heavy atom. The first kappa shape index (κ1) is 18.9. The van der Waals surface area contributed by atoms with Gasteiger partial charge in [0.15, 0.2) is 0 Å². The number of pyridine rings is 1. The Labute approximate surface area is 156 Å². The van der Waals surface area contributed by atoms with Crippen LogP contribution in [0.5, 0.6) is 0 Å². The number of rotatable bonds is 4. The maximum atomic E-state index is 13.4. The molecule has 0 saturated heterocycles. The fraction of sp³-hybridized carbons (Fsp3) is 0.421. The Morgan fingerprint density at radius 1 is 1.41 bits per heavy atom. The van der Waals surface area contributed by atoms with Gasteiger partial charge in [0.2, 0.25) is 5.95 Å². The number of aromatic nitrogens is 2. The lowest BCUT2D eigenvalue weighted by Crippen LogP contribution is -2.47. The number of hydrogen-bond donors (Lipinski definition) is 2. The van der Waals surface area contributed by atoms with Crippen molar-refractivity contribution >= 4 is 12.0 Å². The lowest BCUT2D eigenvalue weighted by molar-refractivity contribution is 0.0867. The van der Waals surface area contributed by atoms with Crippen LogP contribution in [0.15, 0.2) is 30.6 Å². The molecule has 1 atom stereocenters. The van der Waals surface area contributed by atoms with Gasteiger partial charge in [0.05, 0.1) is 6.04 Å². The Kier molecular flexibility index (Phi) is 4.91. The summed E-state index contributed by atoms with van der Waals surface area (Å²) in [6, 6.07) is 4.64. The number of halogens is 1. The molecule has 2 aromatic heterocycles. The molecule has 2 amide bonds. The Balaban J connectivity index is 1.86. The lowest BCUT2D eigenvalue weighted by atomic mass is 10.0. The maximum Gasteiger partial charge on any atom is 0.407 e. The summed E-state index contributed by atoms with van der Waals surface area (Å²) in [5, 5.41) is 12.3. The Bertz CT molecular complexity index is 872. The van der Waals surface area contributed by atoms with Gasteiger partial charge in [0, 0.05) is 42.7 Å².